The van der Waals surface area contributed by atoms with Gasteiger partial charge in [-0.3, -0.25) is 0 Å². The first-order valence-corrected chi connectivity index (χ1v) is 8.27. The zero-order valence-electron chi connectivity index (χ0n) is 9.77. The molecule has 0 bridgehead atoms. The first kappa shape index (κ1) is 13.1. The quantitative estimate of drug-likeness (QED) is 0.803. The van der Waals surface area contributed by atoms with Crippen LogP contribution >= 0.6 is 15.9 Å². The summed E-state index contributed by atoms with van der Waals surface area (Å²) in [5, 5.41) is 0.706. The molecule has 1 aliphatic heterocycles. The van der Waals surface area contributed by atoms with Crippen molar-refractivity contribution in [2.75, 3.05) is 11.9 Å². The molecule has 0 N–H and O–H groups in total. The Morgan fingerprint density at radius 3 is 2.76 bits per heavy atom. The van der Waals surface area contributed by atoms with E-state index in [2.05, 4.69) is 15.9 Å². The van der Waals surface area contributed by atoms with E-state index in [1.807, 2.05) is 19.1 Å². The summed E-state index contributed by atoms with van der Waals surface area (Å²) < 4.78 is 26.7. The minimum Gasteiger partial charge on any atom is -0.207 e. The molecule has 1 saturated heterocycles. The molecular weight excluding hydrogens is 302 g/mol. The van der Waals surface area contributed by atoms with E-state index >= 15 is 0 Å². The second-order valence-corrected chi connectivity index (χ2v) is 6.84. The van der Waals surface area contributed by atoms with Gasteiger partial charge in [-0.05, 0) is 31.4 Å². The summed E-state index contributed by atoms with van der Waals surface area (Å²) in [6, 6.07) is 7.26. The monoisotopic (exact) mass is 317 g/mol. The van der Waals surface area contributed by atoms with Crippen LogP contribution in [0.3, 0.4) is 0 Å². The fourth-order valence-electron chi connectivity index (χ4n) is 2.25. The molecule has 1 aromatic rings. The van der Waals surface area contributed by atoms with Gasteiger partial charge in [0.15, 0.2) is 0 Å². The predicted octanol–water partition coefficient (Wildman–Crippen LogP) is 2.54. The van der Waals surface area contributed by atoms with E-state index in [1.54, 1.807) is 16.4 Å². The zero-order valence-corrected chi connectivity index (χ0v) is 12.2. The normalized spacial score (nSPS) is 21.9. The number of nitrogens with zero attached hydrogens (tertiary/aromatic N) is 1. The lowest BCUT2D eigenvalue weighted by Gasteiger charge is -2.23. The van der Waals surface area contributed by atoms with Gasteiger partial charge in [-0.2, -0.15) is 4.31 Å². The Balaban J connectivity index is 2.40. The number of hydrogen-bond donors (Lipinski definition) is 0. The van der Waals surface area contributed by atoms with E-state index < -0.39 is 10.0 Å². The van der Waals surface area contributed by atoms with Crippen molar-refractivity contribution in [1.29, 1.82) is 0 Å². The number of hydrogen-bond acceptors (Lipinski definition) is 2. The molecule has 1 heterocycles. The van der Waals surface area contributed by atoms with Gasteiger partial charge in [-0.25, -0.2) is 8.42 Å². The van der Waals surface area contributed by atoms with Gasteiger partial charge in [-0.1, -0.05) is 34.1 Å². The molecule has 0 aliphatic carbocycles. The van der Waals surface area contributed by atoms with Crippen LogP contribution in [-0.2, 0) is 10.0 Å². The molecule has 0 spiro atoms. The summed E-state index contributed by atoms with van der Waals surface area (Å²) in [4.78, 5) is 0.438. The number of aryl methyl sites for hydroxylation is 1. The van der Waals surface area contributed by atoms with Gasteiger partial charge in [-0.15, -0.1) is 0 Å². The third-order valence-electron chi connectivity index (χ3n) is 3.18. The van der Waals surface area contributed by atoms with Crippen LogP contribution < -0.4 is 0 Å². The Morgan fingerprint density at radius 2 is 2.12 bits per heavy atom. The Morgan fingerprint density at radius 1 is 1.41 bits per heavy atom. The maximum atomic E-state index is 12.5. The average molecular weight is 318 g/mol. The Bertz CT molecular complexity index is 501. The standard InChI is InChI=1S/C12H16BrNO2S/c1-10-5-2-3-7-12(10)17(15,16)14-8-4-6-11(14)9-13/h2-3,5,7,11H,4,6,8-9H2,1H3/t11-/m0/s1. The molecule has 17 heavy (non-hydrogen) atoms. The minimum atomic E-state index is -3.33. The van der Waals surface area contributed by atoms with Crippen molar-refractivity contribution in [1.82, 2.24) is 4.31 Å². The number of benzene rings is 1. The highest BCUT2D eigenvalue weighted by Crippen LogP contribution is 2.28. The molecule has 0 radical (unpaired) electrons. The summed E-state index contributed by atoms with van der Waals surface area (Å²) in [6.45, 7) is 2.47. The molecule has 0 amide bonds. The summed E-state index contributed by atoms with van der Waals surface area (Å²) in [5.41, 5.74) is 0.813. The minimum absolute atomic E-state index is 0.0969. The first-order chi connectivity index (χ1) is 8.07. The van der Waals surface area contributed by atoms with Gasteiger partial charge in [0.2, 0.25) is 10.0 Å². The fraction of sp³-hybridized carbons (Fsp3) is 0.500. The molecule has 0 unspecified atom stereocenters. The molecule has 0 saturated carbocycles. The van der Waals surface area contributed by atoms with Gasteiger partial charge in [0.25, 0.3) is 0 Å². The molecule has 2 rings (SSSR count). The largest absolute Gasteiger partial charge is 0.243 e. The van der Waals surface area contributed by atoms with Crippen LogP contribution in [0.15, 0.2) is 29.2 Å². The fourth-order valence-corrected chi connectivity index (χ4v) is 5.04. The zero-order chi connectivity index (χ0) is 12.5. The van der Waals surface area contributed by atoms with E-state index in [0.717, 1.165) is 18.4 Å². The molecule has 1 fully saturated rings. The van der Waals surface area contributed by atoms with Crippen LogP contribution in [0, 0.1) is 6.92 Å². The molecule has 0 aromatic heterocycles. The Kier molecular flexibility index (Phi) is 3.90. The van der Waals surface area contributed by atoms with Crippen molar-refractivity contribution in [3.8, 4) is 0 Å². The van der Waals surface area contributed by atoms with Crippen molar-refractivity contribution in [2.24, 2.45) is 0 Å². The molecule has 1 aromatic carbocycles. The van der Waals surface area contributed by atoms with Crippen molar-refractivity contribution in [3.05, 3.63) is 29.8 Å². The van der Waals surface area contributed by atoms with E-state index in [0.29, 0.717) is 16.8 Å². The van der Waals surface area contributed by atoms with Crippen LogP contribution in [0.4, 0.5) is 0 Å². The van der Waals surface area contributed by atoms with Crippen molar-refractivity contribution in [2.45, 2.75) is 30.7 Å². The maximum absolute atomic E-state index is 12.5. The highest BCUT2D eigenvalue weighted by molar-refractivity contribution is 9.09. The lowest BCUT2D eigenvalue weighted by Crippen LogP contribution is -2.36. The predicted molar refractivity (Wildman–Crippen MR) is 71.9 cm³/mol. The second kappa shape index (κ2) is 5.08. The van der Waals surface area contributed by atoms with Crippen molar-refractivity contribution in [3.63, 3.8) is 0 Å². The van der Waals surface area contributed by atoms with Crippen molar-refractivity contribution >= 4 is 26.0 Å². The highest BCUT2D eigenvalue weighted by atomic mass is 79.9. The number of alkyl halides is 1. The molecule has 3 nitrogen and oxygen atoms in total. The third-order valence-corrected chi connectivity index (χ3v) is 6.04. The first-order valence-electron chi connectivity index (χ1n) is 5.71. The second-order valence-electron chi connectivity index (χ2n) is 4.33. The number of rotatable bonds is 3. The lowest BCUT2D eigenvalue weighted by molar-refractivity contribution is 0.413. The van der Waals surface area contributed by atoms with Crippen molar-refractivity contribution < 1.29 is 8.42 Å². The Hall–Kier alpha value is -0.390. The van der Waals surface area contributed by atoms with Gasteiger partial charge in [0, 0.05) is 17.9 Å². The van der Waals surface area contributed by atoms with Gasteiger partial charge in [0.1, 0.15) is 0 Å². The molecular formula is C12H16BrNO2S. The van der Waals surface area contributed by atoms with Gasteiger partial charge < -0.3 is 0 Å². The van der Waals surface area contributed by atoms with Gasteiger partial charge in [0.05, 0.1) is 4.90 Å². The molecule has 94 valence electrons. The van der Waals surface area contributed by atoms with E-state index in [4.69, 9.17) is 0 Å². The van der Waals surface area contributed by atoms with Gasteiger partial charge >= 0.3 is 0 Å². The van der Waals surface area contributed by atoms with Crippen LogP contribution in [0.2, 0.25) is 0 Å². The number of sulfonamides is 1. The van der Waals surface area contributed by atoms with E-state index in [9.17, 15) is 8.42 Å². The Labute approximate surface area is 111 Å². The van der Waals surface area contributed by atoms with E-state index in [1.165, 1.54) is 0 Å². The average Bonchev–Trinajstić information content (AvgIpc) is 2.78. The maximum Gasteiger partial charge on any atom is 0.243 e. The van der Waals surface area contributed by atoms with E-state index in [-0.39, 0.29) is 6.04 Å². The summed E-state index contributed by atoms with van der Waals surface area (Å²) in [7, 11) is -3.33. The van der Waals surface area contributed by atoms with Crippen LogP contribution in [0.1, 0.15) is 18.4 Å². The smallest absolute Gasteiger partial charge is 0.207 e. The summed E-state index contributed by atoms with van der Waals surface area (Å²) in [6.07, 6.45) is 1.89. The number of halogens is 1. The van der Waals surface area contributed by atoms with Crippen LogP contribution in [0.5, 0.6) is 0 Å². The van der Waals surface area contributed by atoms with Crippen LogP contribution in [0.25, 0.3) is 0 Å². The molecule has 1 atom stereocenters. The highest BCUT2D eigenvalue weighted by Gasteiger charge is 2.35. The van der Waals surface area contributed by atoms with Crippen LogP contribution in [-0.4, -0.2) is 30.6 Å². The molecule has 1 aliphatic rings. The lowest BCUT2D eigenvalue weighted by atomic mass is 10.2. The summed E-state index contributed by atoms with van der Waals surface area (Å²) in [5.74, 6) is 0. The molecule has 5 heteroatoms. The topological polar surface area (TPSA) is 37.4 Å². The summed E-state index contributed by atoms with van der Waals surface area (Å²) >= 11 is 3.39. The third kappa shape index (κ3) is 2.41. The SMILES string of the molecule is Cc1ccccc1S(=O)(=O)N1CCC[C@H]1CBr.